The van der Waals surface area contributed by atoms with Crippen molar-refractivity contribution in [1.82, 2.24) is 9.55 Å². The molecule has 0 saturated carbocycles. The molecule has 0 aliphatic rings. The second kappa shape index (κ2) is 12.4. The minimum atomic E-state index is 0.846. The summed E-state index contributed by atoms with van der Waals surface area (Å²) in [6.45, 7) is 0. The van der Waals surface area contributed by atoms with E-state index < -0.39 is 0 Å². The fraction of sp³-hybridized carbons (Fsp3) is 0. The molecule has 0 amide bonds. The van der Waals surface area contributed by atoms with Crippen LogP contribution < -0.4 is 0 Å². The first-order chi connectivity index (χ1) is 28.2. The molecular formula is C53H32N2O2. The molecule has 0 atom stereocenters. The maximum Gasteiger partial charge on any atom is 0.136 e. The number of para-hydroxylation sites is 4. The molecular weight excluding hydrogens is 697 g/mol. The number of aromatic nitrogens is 2. The highest BCUT2D eigenvalue weighted by atomic mass is 16.3. The Bertz CT molecular complexity index is 3520. The van der Waals surface area contributed by atoms with Crippen LogP contribution >= 0.6 is 0 Å². The quantitative estimate of drug-likeness (QED) is 0.177. The van der Waals surface area contributed by atoms with Gasteiger partial charge in [-0.25, -0.2) is 4.98 Å². The number of pyridine rings is 1. The van der Waals surface area contributed by atoms with Crippen molar-refractivity contribution in [1.29, 1.82) is 0 Å². The Balaban J connectivity index is 1.08. The average Bonchev–Trinajstić information content (AvgIpc) is 3.96. The molecule has 12 rings (SSSR count). The third kappa shape index (κ3) is 4.98. The Morgan fingerprint density at radius 1 is 0.351 bits per heavy atom. The molecule has 0 aliphatic heterocycles. The lowest BCUT2D eigenvalue weighted by Crippen LogP contribution is -1.95. The predicted octanol–water partition coefficient (Wildman–Crippen LogP) is 14.6. The Morgan fingerprint density at radius 3 is 1.86 bits per heavy atom. The number of furan rings is 2. The zero-order valence-electron chi connectivity index (χ0n) is 30.7. The smallest absolute Gasteiger partial charge is 0.136 e. The summed E-state index contributed by atoms with van der Waals surface area (Å²) < 4.78 is 15.3. The zero-order chi connectivity index (χ0) is 37.5. The van der Waals surface area contributed by atoms with Crippen LogP contribution in [0.5, 0.6) is 0 Å². The molecule has 4 aromatic heterocycles. The van der Waals surface area contributed by atoms with Gasteiger partial charge in [-0.1, -0.05) is 127 Å². The van der Waals surface area contributed by atoms with Crippen molar-refractivity contribution in [3.05, 3.63) is 194 Å². The van der Waals surface area contributed by atoms with Crippen LogP contribution in [0.15, 0.2) is 203 Å². The minimum Gasteiger partial charge on any atom is -0.456 e. The number of fused-ring (bicyclic) bond motifs is 9. The van der Waals surface area contributed by atoms with E-state index in [0.29, 0.717) is 0 Å². The molecule has 266 valence electrons. The molecule has 57 heavy (non-hydrogen) atoms. The topological polar surface area (TPSA) is 44.1 Å². The van der Waals surface area contributed by atoms with Gasteiger partial charge in [-0.2, -0.15) is 0 Å². The number of hydrogen-bond donors (Lipinski definition) is 0. The molecule has 0 saturated heterocycles. The van der Waals surface area contributed by atoms with Gasteiger partial charge in [0.1, 0.15) is 22.3 Å². The van der Waals surface area contributed by atoms with Gasteiger partial charge in [0.05, 0.1) is 22.4 Å². The van der Waals surface area contributed by atoms with Gasteiger partial charge in [0.15, 0.2) is 0 Å². The molecule has 0 N–H and O–H groups in total. The van der Waals surface area contributed by atoms with E-state index in [-0.39, 0.29) is 0 Å². The maximum absolute atomic E-state index is 6.61. The number of benzene rings is 8. The van der Waals surface area contributed by atoms with Crippen molar-refractivity contribution < 1.29 is 8.83 Å². The van der Waals surface area contributed by atoms with E-state index in [1.807, 2.05) is 18.2 Å². The normalized spacial score (nSPS) is 11.9. The van der Waals surface area contributed by atoms with Gasteiger partial charge in [0.25, 0.3) is 0 Å². The van der Waals surface area contributed by atoms with E-state index in [1.54, 1.807) is 0 Å². The van der Waals surface area contributed by atoms with Gasteiger partial charge >= 0.3 is 0 Å². The lowest BCUT2D eigenvalue weighted by molar-refractivity contribution is 0.668. The summed E-state index contributed by atoms with van der Waals surface area (Å²) in [5.74, 6) is 0. The predicted molar refractivity (Wildman–Crippen MR) is 235 cm³/mol. The molecule has 0 radical (unpaired) electrons. The molecule has 0 fully saturated rings. The SMILES string of the molecule is c1ccc(-c2cc(-c3cccc4oc5ccc(-c6cccc7c8ccccc8n(-c8ccccc8)c67)cc5c34)cc(-c3ccc4c(c3)oc3ccccc34)n2)cc1. The maximum atomic E-state index is 6.61. The second-order valence-electron chi connectivity index (χ2n) is 14.7. The third-order valence-corrected chi connectivity index (χ3v) is 11.4. The number of hydrogen-bond acceptors (Lipinski definition) is 3. The monoisotopic (exact) mass is 728 g/mol. The van der Waals surface area contributed by atoms with E-state index in [4.69, 9.17) is 13.8 Å². The summed E-state index contributed by atoms with van der Waals surface area (Å²) in [5, 5.41) is 6.82. The van der Waals surface area contributed by atoms with Crippen LogP contribution in [-0.4, -0.2) is 9.55 Å². The Morgan fingerprint density at radius 2 is 0.982 bits per heavy atom. The van der Waals surface area contributed by atoms with Gasteiger partial charge < -0.3 is 13.4 Å². The number of rotatable bonds is 5. The van der Waals surface area contributed by atoms with Crippen molar-refractivity contribution >= 4 is 65.7 Å². The minimum absolute atomic E-state index is 0.846. The van der Waals surface area contributed by atoms with Crippen LogP contribution in [0, 0.1) is 0 Å². The summed E-state index contributed by atoms with van der Waals surface area (Å²) in [6.07, 6.45) is 0. The van der Waals surface area contributed by atoms with Crippen molar-refractivity contribution in [2.45, 2.75) is 0 Å². The van der Waals surface area contributed by atoms with E-state index in [1.165, 1.54) is 27.4 Å². The van der Waals surface area contributed by atoms with E-state index in [2.05, 4.69) is 180 Å². The second-order valence-corrected chi connectivity index (χ2v) is 14.7. The van der Waals surface area contributed by atoms with Crippen LogP contribution in [0.25, 0.3) is 116 Å². The Labute approximate surface area is 327 Å². The summed E-state index contributed by atoms with van der Waals surface area (Å²) in [6, 6.07) is 68.4. The zero-order valence-corrected chi connectivity index (χ0v) is 30.7. The van der Waals surface area contributed by atoms with Crippen LogP contribution in [0.1, 0.15) is 0 Å². The lowest BCUT2D eigenvalue weighted by atomic mass is 9.95. The first kappa shape index (κ1) is 31.6. The molecule has 0 bridgehead atoms. The molecule has 0 unspecified atom stereocenters. The van der Waals surface area contributed by atoms with Gasteiger partial charge in [0.2, 0.25) is 0 Å². The largest absolute Gasteiger partial charge is 0.456 e. The van der Waals surface area contributed by atoms with Crippen LogP contribution in [0.4, 0.5) is 0 Å². The van der Waals surface area contributed by atoms with Crippen LogP contribution in [0.3, 0.4) is 0 Å². The Hall–Kier alpha value is -7.69. The van der Waals surface area contributed by atoms with E-state index in [9.17, 15) is 0 Å². The highest BCUT2D eigenvalue weighted by Gasteiger charge is 2.20. The molecule has 4 nitrogen and oxygen atoms in total. The van der Waals surface area contributed by atoms with Crippen molar-refractivity contribution in [2.75, 3.05) is 0 Å². The highest BCUT2D eigenvalue weighted by molar-refractivity contribution is 6.17. The highest BCUT2D eigenvalue weighted by Crippen LogP contribution is 2.43. The van der Waals surface area contributed by atoms with Crippen LogP contribution in [0.2, 0.25) is 0 Å². The van der Waals surface area contributed by atoms with Gasteiger partial charge in [-0.15, -0.1) is 0 Å². The van der Waals surface area contributed by atoms with Crippen molar-refractivity contribution in [3.8, 4) is 50.5 Å². The fourth-order valence-corrected chi connectivity index (χ4v) is 8.81. The first-order valence-electron chi connectivity index (χ1n) is 19.3. The first-order valence-corrected chi connectivity index (χ1v) is 19.3. The number of nitrogens with zero attached hydrogens (tertiary/aromatic N) is 2. The average molecular weight is 729 g/mol. The Kier molecular flexibility index (Phi) is 6.89. The molecule has 4 heterocycles. The van der Waals surface area contributed by atoms with E-state index >= 15 is 0 Å². The van der Waals surface area contributed by atoms with Gasteiger partial charge in [-0.3, -0.25) is 0 Å². The molecule has 0 spiro atoms. The molecule has 0 aliphatic carbocycles. The van der Waals surface area contributed by atoms with Crippen molar-refractivity contribution in [3.63, 3.8) is 0 Å². The van der Waals surface area contributed by atoms with Gasteiger partial charge in [0, 0.05) is 54.7 Å². The summed E-state index contributed by atoms with van der Waals surface area (Å²) in [5.41, 5.74) is 15.2. The fourth-order valence-electron chi connectivity index (χ4n) is 8.81. The van der Waals surface area contributed by atoms with Crippen LogP contribution in [-0.2, 0) is 0 Å². The van der Waals surface area contributed by atoms with Gasteiger partial charge in [-0.05, 0) is 83.4 Å². The summed E-state index contributed by atoms with van der Waals surface area (Å²) in [7, 11) is 0. The summed E-state index contributed by atoms with van der Waals surface area (Å²) in [4.78, 5) is 5.26. The standard InChI is InChI=1S/C53H32N2O2/c1-3-13-33(14-4-1)45-30-36(31-46(54-45)35-25-27-42-41-18-8-10-23-48(41)57-51(42)32-35)38-19-12-24-50-52(38)44-29-34(26-28-49(44)56-50)39-20-11-21-43-40-17-7-9-22-47(40)55(53(39)43)37-15-5-2-6-16-37/h1-32H. The van der Waals surface area contributed by atoms with E-state index in [0.717, 1.165) is 88.8 Å². The molecule has 8 aromatic carbocycles. The summed E-state index contributed by atoms with van der Waals surface area (Å²) >= 11 is 0. The lowest BCUT2D eigenvalue weighted by Gasteiger charge is -2.12. The van der Waals surface area contributed by atoms with Crippen molar-refractivity contribution in [2.24, 2.45) is 0 Å². The molecule has 4 heteroatoms. The third-order valence-electron chi connectivity index (χ3n) is 11.4. The molecule has 12 aromatic rings.